The van der Waals surface area contributed by atoms with Gasteiger partial charge in [0.25, 0.3) is 0 Å². The number of esters is 1. The minimum atomic E-state index is -1.14. The monoisotopic (exact) mass is 496 g/mol. The average Bonchev–Trinajstić information content (AvgIpc) is 3.42. The van der Waals surface area contributed by atoms with E-state index in [0.29, 0.717) is 24.7 Å². The van der Waals surface area contributed by atoms with Gasteiger partial charge >= 0.3 is 5.97 Å². The van der Waals surface area contributed by atoms with E-state index in [9.17, 15) is 14.4 Å². The molecule has 1 N–H and O–H groups in total. The van der Waals surface area contributed by atoms with E-state index < -0.39 is 23.4 Å². The average molecular weight is 497 g/mol. The first-order chi connectivity index (χ1) is 17.4. The number of unbranched alkanes of at least 4 members (excludes halogenated alkanes) is 1. The van der Waals surface area contributed by atoms with Crippen LogP contribution in [-0.2, 0) is 30.4 Å². The number of piperidine rings is 1. The fraction of sp³-hybridized carbons (Fsp3) is 0.621. The maximum absolute atomic E-state index is 14.0. The highest BCUT2D eigenvalue weighted by Crippen LogP contribution is 2.52. The summed E-state index contributed by atoms with van der Waals surface area (Å²) in [5.74, 6) is -0.947. The number of likely N-dealkylation sites (tertiary alicyclic amines) is 1. The van der Waals surface area contributed by atoms with Gasteiger partial charge in [-0.05, 0) is 50.2 Å². The summed E-state index contributed by atoms with van der Waals surface area (Å²) in [6.45, 7) is 4.90. The quantitative estimate of drug-likeness (QED) is 0.406. The SMILES string of the molecule is CCCCNC(=O)C[C@H]1C[C@@]2(C(=O)OC)C(=C[C@H](C3CCCC3)O[C@@H]2C)N(Cc2ccccc2)C1=O. The van der Waals surface area contributed by atoms with E-state index in [1.165, 1.54) is 20.0 Å². The standard InChI is InChI=1S/C29H40N2O5/c1-4-5-15-30-26(32)16-23-18-29(28(34)35-3)20(2)36-24(22-13-9-10-14-22)17-25(29)31(27(23)33)19-21-11-7-6-8-12-21/h6-8,11-12,17,20,22-24H,4-5,9-10,13-16,18-19H2,1-3H3,(H,30,32)/t20-,23+,24-,29+/m1/s1. The maximum Gasteiger partial charge on any atom is 0.320 e. The predicted octanol–water partition coefficient (Wildman–Crippen LogP) is 4.36. The van der Waals surface area contributed by atoms with Crippen LogP contribution in [0.4, 0.5) is 0 Å². The number of fused-ring (bicyclic) bond motifs is 1. The molecular formula is C29H40N2O5. The third-order valence-electron chi connectivity index (χ3n) is 8.19. The Morgan fingerprint density at radius 2 is 1.92 bits per heavy atom. The molecule has 0 unspecified atom stereocenters. The topological polar surface area (TPSA) is 84.9 Å². The molecule has 0 aromatic heterocycles. The van der Waals surface area contributed by atoms with Crippen LogP contribution in [0.15, 0.2) is 42.1 Å². The van der Waals surface area contributed by atoms with Crippen LogP contribution in [0.3, 0.4) is 0 Å². The molecule has 1 saturated heterocycles. The van der Waals surface area contributed by atoms with Crippen molar-refractivity contribution in [2.45, 2.75) is 84.0 Å². The predicted molar refractivity (Wildman–Crippen MR) is 136 cm³/mol. The zero-order chi connectivity index (χ0) is 25.7. The molecule has 0 bridgehead atoms. The van der Waals surface area contributed by atoms with Crippen molar-refractivity contribution in [2.75, 3.05) is 13.7 Å². The Morgan fingerprint density at radius 3 is 2.58 bits per heavy atom. The number of methoxy groups -OCH3 is 1. The van der Waals surface area contributed by atoms with E-state index in [1.54, 1.807) is 4.90 Å². The largest absolute Gasteiger partial charge is 0.468 e. The fourth-order valence-electron chi connectivity index (χ4n) is 6.18. The van der Waals surface area contributed by atoms with E-state index in [-0.39, 0.29) is 30.8 Å². The number of amides is 2. The van der Waals surface area contributed by atoms with Crippen LogP contribution < -0.4 is 5.32 Å². The second-order valence-electron chi connectivity index (χ2n) is 10.5. The molecule has 4 atom stereocenters. The van der Waals surface area contributed by atoms with Crippen molar-refractivity contribution in [1.29, 1.82) is 0 Å². The van der Waals surface area contributed by atoms with Gasteiger partial charge < -0.3 is 19.7 Å². The van der Waals surface area contributed by atoms with Crippen LogP contribution in [0.2, 0.25) is 0 Å². The number of benzene rings is 1. The Balaban J connectivity index is 1.73. The van der Waals surface area contributed by atoms with Crippen molar-refractivity contribution in [2.24, 2.45) is 17.3 Å². The van der Waals surface area contributed by atoms with Gasteiger partial charge in [-0.15, -0.1) is 0 Å². The van der Waals surface area contributed by atoms with Gasteiger partial charge in [0, 0.05) is 24.6 Å². The number of hydrogen-bond acceptors (Lipinski definition) is 5. The highest BCUT2D eigenvalue weighted by atomic mass is 16.5. The summed E-state index contributed by atoms with van der Waals surface area (Å²) in [5.41, 5.74) is 0.512. The van der Waals surface area contributed by atoms with E-state index in [1.807, 2.05) is 43.3 Å². The molecule has 2 fully saturated rings. The molecule has 2 amide bonds. The van der Waals surface area contributed by atoms with Crippen molar-refractivity contribution in [3.8, 4) is 0 Å². The van der Waals surface area contributed by atoms with E-state index in [4.69, 9.17) is 9.47 Å². The molecule has 196 valence electrons. The molecule has 7 nitrogen and oxygen atoms in total. The third kappa shape index (κ3) is 5.22. The zero-order valence-corrected chi connectivity index (χ0v) is 21.8. The van der Waals surface area contributed by atoms with Gasteiger partial charge in [0.05, 0.1) is 25.9 Å². The van der Waals surface area contributed by atoms with Crippen molar-refractivity contribution in [3.05, 3.63) is 47.7 Å². The molecular weight excluding hydrogens is 456 g/mol. The van der Waals surface area contributed by atoms with Crippen molar-refractivity contribution in [1.82, 2.24) is 10.2 Å². The van der Waals surface area contributed by atoms with Crippen LogP contribution >= 0.6 is 0 Å². The number of carbonyl (C=O) groups excluding carboxylic acids is 3. The third-order valence-corrected chi connectivity index (χ3v) is 8.19. The summed E-state index contributed by atoms with van der Waals surface area (Å²) in [6.07, 6.45) is 8.01. The van der Waals surface area contributed by atoms with Gasteiger partial charge in [-0.1, -0.05) is 56.5 Å². The van der Waals surface area contributed by atoms with Gasteiger partial charge in [0.15, 0.2) is 0 Å². The lowest BCUT2D eigenvalue weighted by Gasteiger charge is -2.52. The Morgan fingerprint density at radius 1 is 1.19 bits per heavy atom. The van der Waals surface area contributed by atoms with E-state index in [0.717, 1.165) is 31.2 Å². The summed E-state index contributed by atoms with van der Waals surface area (Å²) in [5, 5.41) is 2.93. The molecule has 0 spiro atoms. The van der Waals surface area contributed by atoms with Gasteiger partial charge in [-0.3, -0.25) is 14.4 Å². The molecule has 2 heterocycles. The zero-order valence-electron chi connectivity index (χ0n) is 21.8. The van der Waals surface area contributed by atoms with E-state index >= 15 is 0 Å². The van der Waals surface area contributed by atoms with Crippen molar-refractivity contribution < 1.29 is 23.9 Å². The molecule has 4 rings (SSSR count). The Hall–Kier alpha value is -2.67. The lowest BCUT2D eigenvalue weighted by Crippen LogP contribution is -2.60. The molecule has 3 aliphatic rings. The summed E-state index contributed by atoms with van der Waals surface area (Å²) in [7, 11) is 1.38. The molecule has 1 saturated carbocycles. The Labute approximate surface area is 214 Å². The molecule has 7 heteroatoms. The van der Waals surface area contributed by atoms with Gasteiger partial charge in [-0.25, -0.2) is 0 Å². The number of hydrogen-bond donors (Lipinski definition) is 1. The first-order valence-electron chi connectivity index (χ1n) is 13.5. The summed E-state index contributed by atoms with van der Waals surface area (Å²) < 4.78 is 11.9. The lowest BCUT2D eigenvalue weighted by molar-refractivity contribution is -0.178. The lowest BCUT2D eigenvalue weighted by atomic mass is 9.66. The van der Waals surface area contributed by atoms with Crippen LogP contribution in [0.5, 0.6) is 0 Å². The highest BCUT2D eigenvalue weighted by Gasteiger charge is 2.60. The maximum atomic E-state index is 14.0. The van der Waals surface area contributed by atoms with Crippen LogP contribution in [0, 0.1) is 17.3 Å². The number of rotatable bonds is 9. The first kappa shape index (κ1) is 26.4. The molecule has 36 heavy (non-hydrogen) atoms. The Kier molecular flexibility index (Phi) is 8.50. The molecule has 0 radical (unpaired) electrons. The second-order valence-corrected chi connectivity index (χ2v) is 10.5. The van der Waals surface area contributed by atoms with Gasteiger partial charge in [0.2, 0.25) is 11.8 Å². The minimum Gasteiger partial charge on any atom is -0.468 e. The van der Waals surface area contributed by atoms with Crippen molar-refractivity contribution in [3.63, 3.8) is 0 Å². The van der Waals surface area contributed by atoms with Crippen LogP contribution in [0.25, 0.3) is 0 Å². The fourth-order valence-corrected chi connectivity index (χ4v) is 6.18. The van der Waals surface area contributed by atoms with Crippen molar-refractivity contribution >= 4 is 17.8 Å². The van der Waals surface area contributed by atoms with Crippen LogP contribution in [-0.4, -0.2) is 48.5 Å². The first-order valence-corrected chi connectivity index (χ1v) is 13.5. The van der Waals surface area contributed by atoms with Gasteiger partial charge in [-0.2, -0.15) is 0 Å². The summed E-state index contributed by atoms with van der Waals surface area (Å²) >= 11 is 0. The van der Waals surface area contributed by atoms with E-state index in [2.05, 4.69) is 12.2 Å². The van der Waals surface area contributed by atoms with Crippen LogP contribution in [0.1, 0.15) is 70.8 Å². The second kappa shape index (κ2) is 11.6. The normalized spacial score (nSPS) is 28.4. The molecule has 1 aromatic rings. The van der Waals surface area contributed by atoms with Gasteiger partial charge in [0.1, 0.15) is 5.41 Å². The smallest absolute Gasteiger partial charge is 0.320 e. The highest BCUT2D eigenvalue weighted by molar-refractivity contribution is 5.92. The minimum absolute atomic E-state index is 0.0403. The molecule has 1 aliphatic carbocycles. The summed E-state index contributed by atoms with van der Waals surface area (Å²) in [4.78, 5) is 42.0. The molecule has 1 aromatic carbocycles. The number of nitrogens with one attached hydrogen (secondary N) is 1. The Bertz CT molecular complexity index is 971. The molecule has 2 aliphatic heterocycles. The number of carbonyl (C=O) groups is 3. The summed E-state index contributed by atoms with van der Waals surface area (Å²) in [6, 6.07) is 9.78. The number of nitrogens with zero attached hydrogens (tertiary/aromatic N) is 1. The number of ether oxygens (including phenoxy) is 2.